The number of nitrogens with zero attached hydrogens (tertiary/aromatic N) is 1. The van der Waals surface area contributed by atoms with Crippen LogP contribution in [0.2, 0.25) is 0 Å². The summed E-state index contributed by atoms with van der Waals surface area (Å²) in [5.41, 5.74) is 0. The van der Waals surface area contributed by atoms with Gasteiger partial charge in [0.1, 0.15) is 0 Å². The number of piperidine rings is 2. The van der Waals surface area contributed by atoms with Crippen molar-refractivity contribution in [2.45, 2.75) is 45.4 Å². The summed E-state index contributed by atoms with van der Waals surface area (Å²) >= 11 is 0. The van der Waals surface area contributed by atoms with Crippen LogP contribution in [0.25, 0.3) is 0 Å². The van der Waals surface area contributed by atoms with Gasteiger partial charge in [-0.1, -0.05) is 6.92 Å². The maximum atomic E-state index is 12.0. The predicted octanol–water partition coefficient (Wildman–Crippen LogP) is 1.14. The van der Waals surface area contributed by atoms with Gasteiger partial charge in [0.05, 0.1) is 6.54 Å². The predicted molar refractivity (Wildman–Crippen MR) is 82.8 cm³/mol. The van der Waals surface area contributed by atoms with E-state index in [0.717, 1.165) is 39.0 Å². The minimum Gasteiger partial charge on any atom is -0.347 e. The second-order valence-electron chi connectivity index (χ2n) is 6.51. The van der Waals surface area contributed by atoms with Crippen molar-refractivity contribution in [3.05, 3.63) is 0 Å². The van der Waals surface area contributed by atoms with E-state index in [1.165, 1.54) is 19.3 Å². The summed E-state index contributed by atoms with van der Waals surface area (Å²) in [7, 11) is 0. The van der Waals surface area contributed by atoms with Gasteiger partial charge < -0.3 is 15.5 Å². The van der Waals surface area contributed by atoms with Crippen LogP contribution in [0.4, 0.5) is 0 Å². The van der Waals surface area contributed by atoms with E-state index < -0.39 is 0 Å². The smallest absolute Gasteiger partial charge is 0.241 e. The molecule has 0 aliphatic carbocycles. The maximum Gasteiger partial charge on any atom is 0.241 e. The van der Waals surface area contributed by atoms with Crippen LogP contribution in [0.5, 0.6) is 0 Å². The summed E-state index contributed by atoms with van der Waals surface area (Å²) in [5.74, 6) is 1.04. The number of rotatable bonds is 5. The summed E-state index contributed by atoms with van der Waals surface area (Å²) < 4.78 is 0. The first-order valence-corrected chi connectivity index (χ1v) is 8.42. The van der Waals surface area contributed by atoms with E-state index in [9.17, 15) is 9.59 Å². The summed E-state index contributed by atoms with van der Waals surface area (Å²) in [5, 5.41) is 6.19. The number of carbonyl (C=O) groups is 2. The molecule has 2 aliphatic rings. The largest absolute Gasteiger partial charge is 0.347 e. The Hall–Kier alpha value is -1.10. The van der Waals surface area contributed by atoms with Crippen LogP contribution in [0.1, 0.15) is 45.4 Å². The Kier molecular flexibility index (Phi) is 6.49. The second-order valence-corrected chi connectivity index (χ2v) is 6.51. The number of hydrogen-bond donors (Lipinski definition) is 2. The molecule has 2 heterocycles. The van der Waals surface area contributed by atoms with Crippen molar-refractivity contribution in [3.63, 3.8) is 0 Å². The molecule has 0 aromatic heterocycles. The first-order valence-electron chi connectivity index (χ1n) is 8.42. The average molecular weight is 295 g/mol. The van der Waals surface area contributed by atoms with Crippen LogP contribution < -0.4 is 10.6 Å². The zero-order valence-corrected chi connectivity index (χ0v) is 13.2. The molecular formula is C16H29N3O2. The van der Waals surface area contributed by atoms with E-state index in [4.69, 9.17) is 0 Å². The van der Waals surface area contributed by atoms with Gasteiger partial charge in [-0.15, -0.1) is 0 Å². The molecule has 0 saturated carbocycles. The highest BCUT2D eigenvalue weighted by molar-refractivity contribution is 5.84. The van der Waals surface area contributed by atoms with Crippen molar-refractivity contribution in [1.29, 1.82) is 0 Å². The lowest BCUT2D eigenvalue weighted by molar-refractivity contribution is -0.133. The number of nitrogens with one attached hydrogen (secondary N) is 2. The summed E-state index contributed by atoms with van der Waals surface area (Å²) in [6.45, 7) is 6.11. The number of likely N-dealkylation sites (tertiary alicyclic amines) is 1. The van der Waals surface area contributed by atoms with E-state index in [2.05, 4.69) is 17.6 Å². The fourth-order valence-electron chi connectivity index (χ4n) is 3.33. The van der Waals surface area contributed by atoms with Crippen molar-refractivity contribution in [1.82, 2.24) is 15.5 Å². The molecule has 2 amide bonds. The van der Waals surface area contributed by atoms with Gasteiger partial charge in [-0.25, -0.2) is 0 Å². The number of hydrogen-bond acceptors (Lipinski definition) is 3. The summed E-state index contributed by atoms with van der Waals surface area (Å²) in [6, 6.07) is 0. The van der Waals surface area contributed by atoms with Crippen LogP contribution in [0.15, 0.2) is 0 Å². The van der Waals surface area contributed by atoms with E-state index >= 15 is 0 Å². The van der Waals surface area contributed by atoms with Gasteiger partial charge in [-0.3, -0.25) is 9.59 Å². The Labute approximate surface area is 127 Å². The second kappa shape index (κ2) is 8.37. The van der Waals surface area contributed by atoms with Crippen molar-refractivity contribution < 1.29 is 9.59 Å². The zero-order valence-electron chi connectivity index (χ0n) is 13.2. The molecule has 2 N–H and O–H groups in total. The van der Waals surface area contributed by atoms with Gasteiger partial charge in [0, 0.05) is 19.5 Å². The van der Waals surface area contributed by atoms with Crippen molar-refractivity contribution in [2.24, 2.45) is 11.8 Å². The molecule has 2 aliphatic heterocycles. The molecule has 0 radical (unpaired) electrons. The Morgan fingerprint density at radius 1 is 1.24 bits per heavy atom. The van der Waals surface area contributed by atoms with Gasteiger partial charge in [0.2, 0.25) is 11.8 Å². The Morgan fingerprint density at radius 3 is 2.67 bits per heavy atom. The molecular weight excluding hydrogens is 266 g/mol. The lowest BCUT2D eigenvalue weighted by atomic mass is 9.85. The van der Waals surface area contributed by atoms with Gasteiger partial charge in [-0.05, 0) is 57.0 Å². The standard InChI is InChI=1S/C16H29N3O2/c1-13(14-6-5-7-17-11-14)10-15(20)18-12-16(21)19-8-3-2-4-9-19/h13-14,17H,2-12H2,1H3,(H,18,20). The van der Waals surface area contributed by atoms with Crippen molar-refractivity contribution in [3.8, 4) is 0 Å². The first-order chi connectivity index (χ1) is 10.2. The lowest BCUT2D eigenvalue weighted by Gasteiger charge is -2.28. The van der Waals surface area contributed by atoms with Gasteiger partial charge >= 0.3 is 0 Å². The minimum absolute atomic E-state index is 0.0124. The molecule has 0 spiro atoms. The molecule has 0 bridgehead atoms. The van der Waals surface area contributed by atoms with Crippen LogP contribution >= 0.6 is 0 Å². The molecule has 0 aromatic rings. The SMILES string of the molecule is CC(CC(=O)NCC(=O)N1CCCCC1)C1CCCNC1. The van der Waals surface area contributed by atoms with Crippen LogP contribution in [-0.4, -0.2) is 49.4 Å². The van der Waals surface area contributed by atoms with E-state index in [0.29, 0.717) is 18.3 Å². The third-order valence-electron chi connectivity index (χ3n) is 4.79. The first kappa shape index (κ1) is 16.3. The molecule has 120 valence electrons. The molecule has 2 saturated heterocycles. The topological polar surface area (TPSA) is 61.4 Å². The van der Waals surface area contributed by atoms with Crippen LogP contribution in [-0.2, 0) is 9.59 Å². The van der Waals surface area contributed by atoms with E-state index in [1.54, 1.807) is 0 Å². The maximum absolute atomic E-state index is 12.0. The highest BCUT2D eigenvalue weighted by Crippen LogP contribution is 2.22. The minimum atomic E-state index is 0.0124. The van der Waals surface area contributed by atoms with Gasteiger partial charge in [0.15, 0.2) is 0 Å². The molecule has 5 nitrogen and oxygen atoms in total. The molecule has 0 aromatic carbocycles. The Balaban J connectivity index is 1.65. The molecule has 2 atom stereocenters. The number of amides is 2. The normalized spacial score (nSPS) is 24.4. The Morgan fingerprint density at radius 2 is 2.00 bits per heavy atom. The van der Waals surface area contributed by atoms with E-state index in [-0.39, 0.29) is 18.4 Å². The number of carbonyl (C=O) groups excluding carboxylic acids is 2. The molecule has 2 unspecified atom stereocenters. The zero-order chi connectivity index (χ0) is 15.1. The average Bonchev–Trinajstić information content (AvgIpc) is 2.54. The van der Waals surface area contributed by atoms with Crippen LogP contribution in [0.3, 0.4) is 0 Å². The van der Waals surface area contributed by atoms with Gasteiger partial charge in [0.25, 0.3) is 0 Å². The third kappa shape index (κ3) is 5.30. The summed E-state index contributed by atoms with van der Waals surface area (Å²) in [4.78, 5) is 25.8. The third-order valence-corrected chi connectivity index (χ3v) is 4.79. The molecule has 2 fully saturated rings. The van der Waals surface area contributed by atoms with Crippen molar-refractivity contribution >= 4 is 11.8 Å². The fourth-order valence-corrected chi connectivity index (χ4v) is 3.33. The van der Waals surface area contributed by atoms with Gasteiger partial charge in [-0.2, -0.15) is 0 Å². The molecule has 5 heteroatoms. The highest BCUT2D eigenvalue weighted by Gasteiger charge is 2.22. The summed E-state index contributed by atoms with van der Waals surface area (Å²) in [6.07, 6.45) is 6.32. The molecule has 2 rings (SSSR count). The van der Waals surface area contributed by atoms with Crippen LogP contribution in [0, 0.1) is 11.8 Å². The monoisotopic (exact) mass is 295 g/mol. The highest BCUT2D eigenvalue weighted by atomic mass is 16.2. The quantitative estimate of drug-likeness (QED) is 0.799. The molecule has 21 heavy (non-hydrogen) atoms. The van der Waals surface area contributed by atoms with E-state index in [1.807, 2.05) is 4.90 Å². The van der Waals surface area contributed by atoms with Crippen molar-refractivity contribution in [2.75, 3.05) is 32.7 Å². The lowest BCUT2D eigenvalue weighted by Crippen LogP contribution is -2.43. The Bertz CT molecular complexity index is 347. The fraction of sp³-hybridized carbons (Fsp3) is 0.875.